The fraction of sp³-hybridized carbons (Fsp3) is 0.211. The van der Waals surface area contributed by atoms with Crippen LogP contribution in [0.5, 0.6) is 0 Å². The zero-order chi connectivity index (χ0) is 19.0. The number of sulfonamides is 1. The molecule has 0 radical (unpaired) electrons. The quantitative estimate of drug-likeness (QED) is 0.672. The van der Waals surface area contributed by atoms with Gasteiger partial charge in [0.25, 0.3) is 5.91 Å². The summed E-state index contributed by atoms with van der Waals surface area (Å²) in [4.78, 5) is 14.2. The minimum absolute atomic E-state index is 0.149. The van der Waals surface area contributed by atoms with Gasteiger partial charge in [0.1, 0.15) is 0 Å². The number of nitrogens with zero attached hydrogens (tertiary/aromatic N) is 2. The third-order valence-corrected chi connectivity index (χ3v) is 6.77. The first-order valence-corrected chi connectivity index (χ1v) is 10.3. The third-order valence-electron chi connectivity index (χ3n) is 4.67. The van der Waals surface area contributed by atoms with Crippen molar-refractivity contribution in [2.24, 2.45) is 0 Å². The molecule has 1 aromatic heterocycles. The van der Waals surface area contributed by atoms with Crippen LogP contribution in [0.3, 0.4) is 0 Å². The van der Waals surface area contributed by atoms with Gasteiger partial charge in [0.05, 0.1) is 4.90 Å². The number of rotatable bonds is 3. The summed E-state index contributed by atoms with van der Waals surface area (Å²) in [5.74, 6) is -0.129. The van der Waals surface area contributed by atoms with Crippen molar-refractivity contribution in [3.8, 4) is 0 Å². The van der Waals surface area contributed by atoms with Gasteiger partial charge in [0, 0.05) is 26.2 Å². The Bertz CT molecular complexity index is 1100. The molecular weight excluding hydrogens is 388 g/mol. The van der Waals surface area contributed by atoms with Gasteiger partial charge in [0.2, 0.25) is 10.0 Å². The normalized spacial score (nSPS) is 16.0. The van der Waals surface area contributed by atoms with E-state index in [0.29, 0.717) is 13.1 Å². The lowest BCUT2D eigenvalue weighted by Crippen LogP contribution is -2.50. The molecule has 0 bridgehead atoms. The highest BCUT2D eigenvalue weighted by molar-refractivity contribution is 7.89. The summed E-state index contributed by atoms with van der Waals surface area (Å²) in [5, 5.41) is 2.02. The summed E-state index contributed by atoms with van der Waals surface area (Å²) in [6, 6.07) is 15.8. The second-order valence-electron chi connectivity index (χ2n) is 6.31. The summed E-state index contributed by atoms with van der Waals surface area (Å²) >= 11 is 5.71. The number of fused-ring (bicyclic) bond motifs is 1. The molecular formula is C19H17ClN2O4S. The van der Waals surface area contributed by atoms with Crippen LogP contribution in [-0.4, -0.2) is 49.7 Å². The van der Waals surface area contributed by atoms with E-state index in [1.807, 2.05) is 30.3 Å². The zero-order valence-corrected chi connectivity index (χ0v) is 15.9. The topological polar surface area (TPSA) is 70.8 Å². The second kappa shape index (κ2) is 6.99. The first-order valence-electron chi connectivity index (χ1n) is 8.49. The van der Waals surface area contributed by atoms with E-state index in [0.717, 1.165) is 10.8 Å². The fourth-order valence-electron chi connectivity index (χ4n) is 3.19. The number of hydrogen-bond acceptors (Lipinski definition) is 4. The molecule has 1 aliphatic heterocycles. The first kappa shape index (κ1) is 18.0. The van der Waals surface area contributed by atoms with Crippen LogP contribution in [0, 0.1) is 0 Å². The Labute approximate surface area is 162 Å². The number of hydrogen-bond donors (Lipinski definition) is 0. The van der Waals surface area contributed by atoms with Gasteiger partial charge >= 0.3 is 0 Å². The molecule has 1 aliphatic rings. The van der Waals surface area contributed by atoms with Crippen molar-refractivity contribution in [1.82, 2.24) is 9.21 Å². The zero-order valence-electron chi connectivity index (χ0n) is 14.3. The molecule has 27 heavy (non-hydrogen) atoms. The van der Waals surface area contributed by atoms with E-state index in [4.69, 9.17) is 16.0 Å². The standard InChI is InChI=1S/C19H17ClN2O4S/c20-18-8-7-17(26-18)19(23)21-9-11-22(12-10-21)27(24,25)16-6-5-14-3-1-2-4-15(14)13-16/h1-8,13H,9-12H2. The number of furan rings is 1. The van der Waals surface area contributed by atoms with Crippen LogP contribution in [0.15, 0.2) is 63.9 Å². The van der Waals surface area contributed by atoms with Crippen molar-refractivity contribution in [3.05, 3.63) is 65.6 Å². The Balaban J connectivity index is 1.50. The van der Waals surface area contributed by atoms with E-state index >= 15 is 0 Å². The van der Waals surface area contributed by atoms with Crippen LogP contribution in [0.25, 0.3) is 10.8 Å². The van der Waals surface area contributed by atoms with Crippen LogP contribution >= 0.6 is 11.6 Å². The van der Waals surface area contributed by atoms with E-state index in [9.17, 15) is 13.2 Å². The van der Waals surface area contributed by atoms with E-state index in [1.54, 1.807) is 17.0 Å². The molecule has 1 fully saturated rings. The van der Waals surface area contributed by atoms with Crippen LogP contribution in [0.2, 0.25) is 5.22 Å². The average Bonchev–Trinajstić information content (AvgIpc) is 3.13. The van der Waals surface area contributed by atoms with E-state index in [1.165, 1.54) is 16.4 Å². The number of benzene rings is 2. The molecule has 1 amide bonds. The fourth-order valence-corrected chi connectivity index (χ4v) is 4.80. The molecule has 0 saturated carbocycles. The highest BCUT2D eigenvalue weighted by Crippen LogP contribution is 2.23. The molecule has 4 rings (SSSR count). The van der Waals surface area contributed by atoms with Gasteiger partial charge in [-0.3, -0.25) is 4.79 Å². The Hall–Kier alpha value is -2.35. The van der Waals surface area contributed by atoms with Crippen LogP contribution in [0.1, 0.15) is 10.6 Å². The molecule has 0 unspecified atom stereocenters. The summed E-state index contributed by atoms with van der Waals surface area (Å²) in [5.41, 5.74) is 0. The minimum atomic E-state index is -3.61. The Kier molecular flexibility index (Phi) is 4.67. The van der Waals surface area contributed by atoms with Crippen molar-refractivity contribution in [2.75, 3.05) is 26.2 Å². The summed E-state index contributed by atoms with van der Waals surface area (Å²) in [6.07, 6.45) is 0. The van der Waals surface area contributed by atoms with Crippen molar-refractivity contribution < 1.29 is 17.6 Å². The van der Waals surface area contributed by atoms with Gasteiger partial charge in [0.15, 0.2) is 11.0 Å². The van der Waals surface area contributed by atoms with Gasteiger partial charge in [-0.1, -0.05) is 30.3 Å². The van der Waals surface area contributed by atoms with Crippen LogP contribution in [-0.2, 0) is 10.0 Å². The van der Waals surface area contributed by atoms with E-state index < -0.39 is 10.0 Å². The van der Waals surface area contributed by atoms with Crippen molar-refractivity contribution in [3.63, 3.8) is 0 Å². The van der Waals surface area contributed by atoms with Crippen LogP contribution < -0.4 is 0 Å². The predicted octanol–water partition coefficient (Wildman–Crippen LogP) is 3.23. The van der Waals surface area contributed by atoms with Crippen molar-refractivity contribution >= 4 is 38.3 Å². The third kappa shape index (κ3) is 3.45. The molecule has 0 atom stereocenters. The van der Waals surface area contributed by atoms with Gasteiger partial charge in [-0.25, -0.2) is 8.42 Å². The Morgan fingerprint density at radius 3 is 2.30 bits per heavy atom. The number of carbonyl (C=O) groups excluding carboxylic acids is 1. The number of halogens is 1. The lowest BCUT2D eigenvalue weighted by atomic mass is 10.1. The molecule has 2 aromatic carbocycles. The molecule has 2 heterocycles. The monoisotopic (exact) mass is 404 g/mol. The second-order valence-corrected chi connectivity index (χ2v) is 8.62. The SMILES string of the molecule is O=C(c1ccc(Cl)o1)N1CCN(S(=O)(=O)c2ccc3ccccc3c2)CC1. The van der Waals surface area contributed by atoms with Crippen molar-refractivity contribution in [1.29, 1.82) is 0 Å². The molecule has 140 valence electrons. The lowest BCUT2D eigenvalue weighted by molar-refractivity contribution is 0.0666. The highest BCUT2D eigenvalue weighted by Gasteiger charge is 2.31. The molecule has 0 N–H and O–H groups in total. The van der Waals surface area contributed by atoms with Gasteiger partial charge < -0.3 is 9.32 Å². The summed E-state index contributed by atoms with van der Waals surface area (Å²) in [7, 11) is -3.61. The smallest absolute Gasteiger partial charge is 0.289 e. The lowest BCUT2D eigenvalue weighted by Gasteiger charge is -2.33. The van der Waals surface area contributed by atoms with Crippen molar-refractivity contribution in [2.45, 2.75) is 4.90 Å². The maximum absolute atomic E-state index is 13.0. The molecule has 6 nitrogen and oxygen atoms in total. The first-order chi connectivity index (χ1) is 12.9. The molecule has 3 aromatic rings. The number of amides is 1. The molecule has 0 aliphatic carbocycles. The molecule has 1 saturated heterocycles. The van der Waals surface area contributed by atoms with E-state index in [2.05, 4.69) is 0 Å². The van der Waals surface area contributed by atoms with E-state index in [-0.39, 0.29) is 34.9 Å². The molecule has 0 spiro atoms. The Morgan fingerprint density at radius 1 is 0.926 bits per heavy atom. The Morgan fingerprint density at radius 2 is 1.63 bits per heavy atom. The summed E-state index contributed by atoms with van der Waals surface area (Å²) in [6.45, 7) is 1.05. The number of carbonyl (C=O) groups is 1. The number of piperazine rings is 1. The molecule has 8 heteroatoms. The van der Waals surface area contributed by atoms with Gasteiger partial charge in [-0.15, -0.1) is 0 Å². The largest absolute Gasteiger partial charge is 0.440 e. The summed E-state index contributed by atoms with van der Waals surface area (Å²) < 4.78 is 32.5. The maximum atomic E-state index is 13.0. The minimum Gasteiger partial charge on any atom is -0.440 e. The average molecular weight is 405 g/mol. The van der Waals surface area contributed by atoms with Gasteiger partial charge in [-0.05, 0) is 46.6 Å². The predicted molar refractivity (Wildman–Crippen MR) is 102 cm³/mol. The van der Waals surface area contributed by atoms with Gasteiger partial charge in [-0.2, -0.15) is 4.31 Å². The highest BCUT2D eigenvalue weighted by atomic mass is 35.5. The van der Waals surface area contributed by atoms with Crippen LogP contribution in [0.4, 0.5) is 0 Å². The maximum Gasteiger partial charge on any atom is 0.289 e.